The van der Waals surface area contributed by atoms with Crippen molar-refractivity contribution >= 4 is 40.1 Å². The number of imidazole rings is 1. The summed E-state index contributed by atoms with van der Waals surface area (Å²) in [4.78, 5) is 9.38. The van der Waals surface area contributed by atoms with Gasteiger partial charge in [0.15, 0.2) is 17.5 Å². The summed E-state index contributed by atoms with van der Waals surface area (Å²) < 4.78 is 42.4. The van der Waals surface area contributed by atoms with Gasteiger partial charge < -0.3 is 25.7 Å². The van der Waals surface area contributed by atoms with Gasteiger partial charge in [0, 0.05) is 23.3 Å². The van der Waals surface area contributed by atoms with Gasteiger partial charge in [-0.25, -0.2) is 18.2 Å². The largest absolute Gasteiger partial charge is 0.409 e. The number of aromatic amines is 1. The lowest BCUT2D eigenvalue weighted by Gasteiger charge is -2.33. The summed E-state index contributed by atoms with van der Waals surface area (Å²) >= 11 is 5.80. The van der Waals surface area contributed by atoms with Gasteiger partial charge in [-0.2, -0.15) is 0 Å². The minimum Gasteiger partial charge on any atom is -0.409 e. The van der Waals surface area contributed by atoms with Crippen LogP contribution in [0, 0.1) is 17.5 Å². The third-order valence-electron chi connectivity index (χ3n) is 5.92. The van der Waals surface area contributed by atoms with E-state index >= 15 is 0 Å². The number of hydrogen-bond donors (Lipinski definition) is 4. The van der Waals surface area contributed by atoms with Crippen LogP contribution >= 0.6 is 11.6 Å². The van der Waals surface area contributed by atoms with E-state index in [-0.39, 0.29) is 33.5 Å². The molecule has 11 heteroatoms. The maximum absolute atomic E-state index is 14.6. The van der Waals surface area contributed by atoms with E-state index in [1.807, 2.05) is 14.1 Å². The van der Waals surface area contributed by atoms with Crippen LogP contribution in [0.1, 0.15) is 31.2 Å². The van der Waals surface area contributed by atoms with Gasteiger partial charge in [0.1, 0.15) is 11.3 Å². The monoisotopic (exact) mass is 480 g/mol. The summed E-state index contributed by atoms with van der Waals surface area (Å²) in [5.41, 5.74) is 0.251. The van der Waals surface area contributed by atoms with Gasteiger partial charge in [-0.15, -0.1) is 0 Å². The molecule has 1 fully saturated rings. The molecule has 1 aliphatic rings. The van der Waals surface area contributed by atoms with Crippen molar-refractivity contribution in [3.63, 3.8) is 0 Å². The Labute approximate surface area is 193 Å². The van der Waals surface area contributed by atoms with Gasteiger partial charge >= 0.3 is 0 Å². The van der Waals surface area contributed by atoms with Crippen LogP contribution in [0.2, 0.25) is 5.02 Å². The van der Waals surface area contributed by atoms with Gasteiger partial charge in [-0.1, -0.05) is 16.8 Å². The molecule has 2 aromatic carbocycles. The molecule has 0 spiro atoms. The summed E-state index contributed by atoms with van der Waals surface area (Å²) in [5.74, 6) is -2.79. The van der Waals surface area contributed by atoms with Crippen molar-refractivity contribution < 1.29 is 18.4 Å². The summed E-state index contributed by atoms with van der Waals surface area (Å²) in [7, 11) is 4.07. The summed E-state index contributed by atoms with van der Waals surface area (Å²) in [5, 5.41) is 18.7. The van der Waals surface area contributed by atoms with Crippen LogP contribution in [0.4, 0.5) is 24.8 Å². The standard InChI is InChI=1S/C22H24ClF3N6O/c1-32(2)13-5-3-4-11(8-13)28-22-29-19-14(10-17(25)18(26)20(19)30-22)21(31-33)27-12-6-7-16(24)15(23)9-12/h6-7,9-11,13,33H,3-5,8H2,1-2H3,(H,27,31)(H2,28,29,30)/t11-,13-/m0/s1. The first-order chi connectivity index (χ1) is 15.8. The van der Waals surface area contributed by atoms with Crippen molar-refractivity contribution in [2.75, 3.05) is 24.7 Å². The topological polar surface area (TPSA) is 88.6 Å². The zero-order chi connectivity index (χ0) is 23.7. The molecule has 0 bridgehead atoms. The number of benzene rings is 2. The second-order valence-corrected chi connectivity index (χ2v) is 8.76. The number of nitrogens with one attached hydrogen (secondary N) is 3. The number of aromatic nitrogens is 2. The van der Waals surface area contributed by atoms with Crippen LogP contribution in [-0.2, 0) is 0 Å². The Kier molecular flexibility index (Phi) is 6.66. The summed E-state index contributed by atoms with van der Waals surface area (Å²) in [6.07, 6.45) is 3.97. The molecule has 7 nitrogen and oxygen atoms in total. The first-order valence-electron chi connectivity index (χ1n) is 10.5. The molecule has 4 rings (SSSR count). The van der Waals surface area contributed by atoms with Crippen molar-refractivity contribution in [1.82, 2.24) is 14.9 Å². The zero-order valence-corrected chi connectivity index (χ0v) is 18.8. The van der Waals surface area contributed by atoms with Crippen molar-refractivity contribution in [1.29, 1.82) is 0 Å². The predicted molar refractivity (Wildman–Crippen MR) is 123 cm³/mol. The number of halogens is 4. The Bertz CT molecular complexity index is 1200. The highest BCUT2D eigenvalue weighted by Gasteiger charge is 2.25. The Morgan fingerprint density at radius 3 is 2.70 bits per heavy atom. The van der Waals surface area contributed by atoms with E-state index in [1.54, 1.807) is 0 Å². The molecule has 4 N–H and O–H groups in total. The molecule has 33 heavy (non-hydrogen) atoms. The second-order valence-electron chi connectivity index (χ2n) is 8.36. The Morgan fingerprint density at radius 2 is 2.00 bits per heavy atom. The number of hydrogen-bond acceptors (Lipinski definition) is 5. The molecule has 3 aromatic rings. The Morgan fingerprint density at radius 1 is 1.21 bits per heavy atom. The summed E-state index contributed by atoms with van der Waals surface area (Å²) in [6.45, 7) is 0. The maximum Gasteiger partial charge on any atom is 0.201 e. The molecule has 176 valence electrons. The van der Waals surface area contributed by atoms with Crippen molar-refractivity contribution in [2.24, 2.45) is 5.16 Å². The third kappa shape index (κ3) is 4.86. The lowest BCUT2D eigenvalue weighted by atomic mass is 9.90. The van der Waals surface area contributed by atoms with E-state index in [4.69, 9.17) is 11.6 Å². The van der Waals surface area contributed by atoms with Crippen LogP contribution in [0.25, 0.3) is 11.0 Å². The van der Waals surface area contributed by atoms with Crippen LogP contribution in [0.15, 0.2) is 29.4 Å². The highest BCUT2D eigenvalue weighted by atomic mass is 35.5. The number of nitrogens with zero attached hydrogens (tertiary/aromatic N) is 3. The van der Waals surface area contributed by atoms with Gasteiger partial charge in [-0.05, 0) is 64.0 Å². The average Bonchev–Trinajstić information content (AvgIpc) is 3.21. The number of amidine groups is 1. The van der Waals surface area contributed by atoms with Crippen molar-refractivity contribution in [3.05, 3.63) is 52.3 Å². The van der Waals surface area contributed by atoms with E-state index in [2.05, 4.69) is 30.7 Å². The SMILES string of the molecule is CN(C)[C@H]1CCC[C@H](Nc2nc3c(F)c(F)cc(/C(=N\O)Nc4ccc(F)c(Cl)c4)c3[nH]2)C1. The molecular formula is C22H24ClF3N6O. The quantitative estimate of drug-likeness (QED) is 0.175. The maximum atomic E-state index is 14.6. The molecule has 1 aromatic heterocycles. The molecule has 0 unspecified atom stereocenters. The van der Waals surface area contributed by atoms with E-state index < -0.39 is 17.5 Å². The van der Waals surface area contributed by atoms with E-state index in [0.717, 1.165) is 37.8 Å². The number of rotatable bonds is 5. The van der Waals surface area contributed by atoms with Gasteiger partial charge in [0.05, 0.1) is 10.5 Å². The zero-order valence-electron chi connectivity index (χ0n) is 18.1. The normalized spacial score (nSPS) is 19.3. The number of anilines is 2. The fourth-order valence-electron chi connectivity index (χ4n) is 4.17. The highest BCUT2D eigenvalue weighted by molar-refractivity contribution is 6.31. The summed E-state index contributed by atoms with van der Waals surface area (Å²) in [6, 6.07) is 5.22. The lowest BCUT2D eigenvalue weighted by molar-refractivity contribution is 0.219. The smallest absolute Gasteiger partial charge is 0.201 e. The van der Waals surface area contributed by atoms with Gasteiger partial charge in [-0.3, -0.25) is 0 Å². The fraction of sp³-hybridized carbons (Fsp3) is 0.364. The van der Waals surface area contributed by atoms with Crippen LogP contribution in [-0.4, -0.2) is 52.1 Å². The molecule has 1 heterocycles. The number of fused-ring (bicyclic) bond motifs is 1. The lowest BCUT2D eigenvalue weighted by Crippen LogP contribution is -2.38. The number of oxime groups is 1. The fourth-order valence-corrected chi connectivity index (χ4v) is 4.35. The first-order valence-corrected chi connectivity index (χ1v) is 10.9. The minimum atomic E-state index is -1.15. The highest BCUT2D eigenvalue weighted by Crippen LogP contribution is 2.29. The molecule has 0 amide bonds. The minimum absolute atomic E-state index is 0.0437. The molecular weight excluding hydrogens is 457 g/mol. The molecule has 0 saturated heterocycles. The Hall–Kier alpha value is -2.98. The molecule has 0 aliphatic heterocycles. The third-order valence-corrected chi connectivity index (χ3v) is 6.21. The van der Waals surface area contributed by atoms with E-state index in [9.17, 15) is 18.4 Å². The van der Waals surface area contributed by atoms with E-state index in [0.29, 0.717) is 17.7 Å². The van der Waals surface area contributed by atoms with Crippen molar-refractivity contribution in [3.8, 4) is 0 Å². The molecule has 2 atom stereocenters. The molecule has 0 radical (unpaired) electrons. The van der Waals surface area contributed by atoms with Crippen LogP contribution < -0.4 is 10.6 Å². The predicted octanol–water partition coefficient (Wildman–Crippen LogP) is 5.17. The Balaban J connectivity index is 1.66. The first kappa shape index (κ1) is 23.2. The molecule has 1 aliphatic carbocycles. The van der Waals surface area contributed by atoms with Gasteiger partial charge in [0.25, 0.3) is 0 Å². The second kappa shape index (κ2) is 9.48. The van der Waals surface area contributed by atoms with Crippen LogP contribution in [0.3, 0.4) is 0 Å². The van der Waals surface area contributed by atoms with E-state index in [1.165, 1.54) is 12.1 Å². The van der Waals surface area contributed by atoms with Crippen LogP contribution in [0.5, 0.6) is 0 Å². The molecule has 1 saturated carbocycles. The average molecular weight is 481 g/mol. The number of H-pyrrole nitrogens is 1. The van der Waals surface area contributed by atoms with Gasteiger partial charge in [0.2, 0.25) is 5.95 Å². The van der Waals surface area contributed by atoms with Crippen molar-refractivity contribution in [2.45, 2.75) is 37.8 Å².